The Balaban J connectivity index is 2.65. The number of carbonyl (C=O) groups is 2. The molecule has 1 saturated heterocycles. The fraction of sp³-hybridized carbons (Fsp3) is 0.750. The number of rotatable bonds is 3. The van der Waals surface area contributed by atoms with Gasteiger partial charge in [-0.1, -0.05) is 6.92 Å². The van der Waals surface area contributed by atoms with E-state index in [0.717, 1.165) is 0 Å². The zero-order chi connectivity index (χ0) is 13.1. The van der Waals surface area contributed by atoms with E-state index in [4.69, 9.17) is 14.7 Å². The summed E-state index contributed by atoms with van der Waals surface area (Å²) in [5, 5.41) is 8.83. The normalized spacial score (nSPS) is 24.7. The number of carbonyl (C=O) groups excluding carboxylic acids is 2. The lowest BCUT2D eigenvalue weighted by atomic mass is 9.90. The second-order valence-corrected chi connectivity index (χ2v) is 4.76. The molecule has 0 radical (unpaired) electrons. The van der Waals surface area contributed by atoms with Gasteiger partial charge in [-0.05, 0) is 26.7 Å². The van der Waals surface area contributed by atoms with E-state index in [1.54, 1.807) is 13.8 Å². The summed E-state index contributed by atoms with van der Waals surface area (Å²) in [7, 11) is 0. The van der Waals surface area contributed by atoms with Gasteiger partial charge in [-0.3, -0.25) is 9.59 Å². The zero-order valence-electron chi connectivity index (χ0n) is 10.4. The molecule has 1 fully saturated rings. The summed E-state index contributed by atoms with van der Waals surface area (Å²) < 4.78 is 10.1. The van der Waals surface area contributed by atoms with Crippen molar-refractivity contribution in [1.82, 2.24) is 0 Å². The highest BCUT2D eigenvalue weighted by Crippen LogP contribution is 2.25. The van der Waals surface area contributed by atoms with Crippen molar-refractivity contribution in [3.63, 3.8) is 0 Å². The smallest absolute Gasteiger partial charge is 0.311 e. The molecule has 5 nitrogen and oxygen atoms in total. The van der Waals surface area contributed by atoms with Gasteiger partial charge in [0.1, 0.15) is 6.07 Å². The van der Waals surface area contributed by atoms with Crippen molar-refractivity contribution in [1.29, 1.82) is 5.26 Å². The Morgan fingerprint density at radius 1 is 1.65 bits per heavy atom. The largest absolute Gasteiger partial charge is 0.457 e. The average Bonchev–Trinajstić information content (AvgIpc) is 2.31. The minimum Gasteiger partial charge on any atom is -0.457 e. The number of hydrogen-bond donors (Lipinski definition) is 0. The van der Waals surface area contributed by atoms with Crippen molar-refractivity contribution >= 4 is 11.9 Å². The lowest BCUT2D eigenvalue weighted by Gasteiger charge is -2.29. The van der Waals surface area contributed by atoms with Gasteiger partial charge in [0.25, 0.3) is 0 Å². The molecule has 0 N–H and O–H groups in total. The van der Waals surface area contributed by atoms with Crippen LogP contribution in [0.5, 0.6) is 0 Å². The molecule has 0 aliphatic carbocycles. The van der Waals surface area contributed by atoms with E-state index < -0.39 is 23.6 Å². The molecule has 0 amide bonds. The highest BCUT2D eigenvalue weighted by Gasteiger charge is 2.37. The Morgan fingerprint density at radius 2 is 2.29 bits per heavy atom. The number of ether oxygens (including phenoxy) is 2. The maximum atomic E-state index is 11.8. The first-order valence-corrected chi connectivity index (χ1v) is 5.71. The lowest BCUT2D eigenvalue weighted by molar-refractivity contribution is -0.178. The number of cyclic esters (lactones) is 1. The first-order chi connectivity index (χ1) is 7.90. The molecule has 2 atom stereocenters. The minimum absolute atomic E-state index is 0.183. The lowest BCUT2D eigenvalue weighted by Crippen LogP contribution is -2.41. The molecule has 0 aromatic carbocycles. The van der Waals surface area contributed by atoms with Crippen molar-refractivity contribution in [3.05, 3.63) is 0 Å². The van der Waals surface area contributed by atoms with Crippen LogP contribution < -0.4 is 0 Å². The molecule has 1 aliphatic rings. The van der Waals surface area contributed by atoms with Gasteiger partial charge in [0.2, 0.25) is 6.10 Å². The first kappa shape index (κ1) is 13.5. The summed E-state index contributed by atoms with van der Waals surface area (Å²) in [4.78, 5) is 22.8. The van der Waals surface area contributed by atoms with Crippen LogP contribution in [0.1, 0.15) is 40.0 Å². The number of esters is 2. The highest BCUT2D eigenvalue weighted by atomic mass is 16.6. The summed E-state index contributed by atoms with van der Waals surface area (Å²) in [5.74, 6) is -0.776. The number of nitriles is 1. The van der Waals surface area contributed by atoms with E-state index in [0.29, 0.717) is 12.8 Å². The monoisotopic (exact) mass is 239 g/mol. The molecule has 0 saturated carbocycles. The molecule has 94 valence electrons. The van der Waals surface area contributed by atoms with Gasteiger partial charge in [-0.2, -0.15) is 5.26 Å². The maximum Gasteiger partial charge on any atom is 0.311 e. The second kappa shape index (κ2) is 5.17. The quantitative estimate of drug-likeness (QED) is 0.698. The van der Waals surface area contributed by atoms with E-state index in [1.165, 1.54) is 0 Å². The van der Waals surface area contributed by atoms with Crippen molar-refractivity contribution < 1.29 is 19.1 Å². The molecular formula is C12H17NO4. The topological polar surface area (TPSA) is 76.4 Å². The van der Waals surface area contributed by atoms with E-state index >= 15 is 0 Å². The van der Waals surface area contributed by atoms with Crippen LogP contribution >= 0.6 is 0 Å². The molecule has 0 aromatic rings. The number of hydrogen-bond acceptors (Lipinski definition) is 5. The third-order valence-corrected chi connectivity index (χ3v) is 3.05. The summed E-state index contributed by atoms with van der Waals surface area (Å²) in [6.07, 6.45) is -0.440. The third kappa shape index (κ3) is 3.19. The van der Waals surface area contributed by atoms with Crippen LogP contribution in [0, 0.1) is 16.7 Å². The summed E-state index contributed by atoms with van der Waals surface area (Å²) in [6.45, 7) is 5.46. The Bertz CT molecular complexity index is 356. The average molecular weight is 239 g/mol. The van der Waals surface area contributed by atoms with Crippen molar-refractivity contribution in [2.75, 3.05) is 0 Å². The van der Waals surface area contributed by atoms with E-state index in [2.05, 4.69) is 0 Å². The minimum atomic E-state index is -0.979. The zero-order valence-corrected chi connectivity index (χ0v) is 10.4. The third-order valence-electron chi connectivity index (χ3n) is 3.05. The fourth-order valence-electron chi connectivity index (χ4n) is 1.36. The summed E-state index contributed by atoms with van der Waals surface area (Å²) >= 11 is 0. The van der Waals surface area contributed by atoms with Crippen LogP contribution in [-0.2, 0) is 19.1 Å². The van der Waals surface area contributed by atoms with E-state index in [1.807, 2.05) is 13.0 Å². The summed E-state index contributed by atoms with van der Waals surface area (Å²) in [6, 6.07) is 1.84. The van der Waals surface area contributed by atoms with Gasteiger partial charge >= 0.3 is 11.9 Å². The van der Waals surface area contributed by atoms with Crippen LogP contribution in [0.3, 0.4) is 0 Å². The van der Waals surface area contributed by atoms with Crippen LogP contribution in [-0.4, -0.2) is 24.1 Å². The Labute approximate surface area is 101 Å². The van der Waals surface area contributed by atoms with E-state index in [-0.39, 0.29) is 12.4 Å². The van der Waals surface area contributed by atoms with Crippen LogP contribution in [0.4, 0.5) is 0 Å². The summed E-state index contributed by atoms with van der Waals surface area (Å²) in [5.41, 5.74) is -0.582. The molecule has 1 heterocycles. The van der Waals surface area contributed by atoms with Crippen molar-refractivity contribution in [2.24, 2.45) is 5.41 Å². The van der Waals surface area contributed by atoms with Crippen LogP contribution in [0.15, 0.2) is 0 Å². The highest BCUT2D eigenvalue weighted by molar-refractivity contribution is 5.76. The van der Waals surface area contributed by atoms with Gasteiger partial charge in [-0.25, -0.2) is 0 Å². The first-order valence-electron chi connectivity index (χ1n) is 5.71. The van der Waals surface area contributed by atoms with Gasteiger partial charge in [-0.15, -0.1) is 0 Å². The molecule has 0 aromatic heterocycles. The van der Waals surface area contributed by atoms with Gasteiger partial charge < -0.3 is 9.47 Å². The second-order valence-electron chi connectivity index (χ2n) is 4.76. The SMILES string of the molecule is CCC(C)(C)C(=O)OC1CCC(=O)OC1C#N. The number of nitrogens with zero attached hydrogens (tertiary/aromatic N) is 1. The maximum absolute atomic E-state index is 11.8. The molecule has 0 bridgehead atoms. The van der Waals surface area contributed by atoms with E-state index in [9.17, 15) is 9.59 Å². The van der Waals surface area contributed by atoms with Gasteiger partial charge in [0.05, 0.1) is 5.41 Å². The fourth-order valence-corrected chi connectivity index (χ4v) is 1.36. The predicted molar refractivity (Wildman–Crippen MR) is 58.7 cm³/mol. The van der Waals surface area contributed by atoms with Gasteiger partial charge in [0, 0.05) is 6.42 Å². The Kier molecular flexibility index (Phi) is 4.11. The van der Waals surface area contributed by atoms with Crippen LogP contribution in [0.25, 0.3) is 0 Å². The Hall–Kier alpha value is -1.57. The molecule has 5 heteroatoms. The van der Waals surface area contributed by atoms with Crippen molar-refractivity contribution in [2.45, 2.75) is 52.2 Å². The standard InChI is InChI=1S/C12H17NO4/c1-4-12(2,3)11(15)17-8-5-6-10(14)16-9(8)7-13/h8-9H,4-6H2,1-3H3. The molecule has 2 unspecified atom stereocenters. The predicted octanol–water partition coefficient (Wildman–Crippen LogP) is 1.56. The molecule has 17 heavy (non-hydrogen) atoms. The molecule has 1 rings (SSSR count). The molecule has 1 aliphatic heterocycles. The molecule has 0 spiro atoms. The molecular weight excluding hydrogens is 222 g/mol. The van der Waals surface area contributed by atoms with Crippen molar-refractivity contribution in [3.8, 4) is 6.07 Å². The Morgan fingerprint density at radius 3 is 2.82 bits per heavy atom. The van der Waals surface area contributed by atoms with Crippen LogP contribution in [0.2, 0.25) is 0 Å². The van der Waals surface area contributed by atoms with Gasteiger partial charge in [0.15, 0.2) is 6.10 Å².